The van der Waals surface area contributed by atoms with Crippen molar-refractivity contribution in [2.45, 2.75) is 31.2 Å². The Balaban J connectivity index is 2.15. The number of rotatable bonds is 4. The second kappa shape index (κ2) is 4.34. The highest BCUT2D eigenvalue weighted by Gasteiger charge is 2.32. The van der Waals surface area contributed by atoms with Crippen LogP contribution in [0.25, 0.3) is 0 Å². The summed E-state index contributed by atoms with van der Waals surface area (Å²) in [6, 6.07) is 6.02. The van der Waals surface area contributed by atoms with Crippen LogP contribution in [0.2, 0.25) is 0 Å². The number of hydrogen-bond acceptors (Lipinski definition) is 3. The van der Waals surface area contributed by atoms with Gasteiger partial charge < -0.3 is 15.2 Å². The largest absolute Gasteiger partial charge is 0.493 e. The highest BCUT2D eigenvalue weighted by molar-refractivity contribution is 5.43. The normalized spacial score (nSPS) is 17.7. The van der Waals surface area contributed by atoms with Crippen molar-refractivity contribution in [3.8, 4) is 11.5 Å². The summed E-state index contributed by atoms with van der Waals surface area (Å²) in [5.74, 6) is 1.55. The Labute approximate surface area is 96.5 Å². The van der Waals surface area contributed by atoms with Gasteiger partial charge in [-0.3, -0.25) is 0 Å². The highest BCUT2D eigenvalue weighted by atomic mass is 16.5. The molecule has 1 aromatic carbocycles. The second-order valence-electron chi connectivity index (χ2n) is 4.58. The number of ether oxygens (including phenoxy) is 2. The molecule has 88 valence electrons. The molecule has 1 aromatic rings. The second-order valence-corrected chi connectivity index (χ2v) is 4.58. The van der Waals surface area contributed by atoms with E-state index in [1.807, 2.05) is 12.1 Å². The predicted octanol–water partition coefficient (Wildman–Crippen LogP) is 2.13. The van der Waals surface area contributed by atoms with Crippen LogP contribution in [0.15, 0.2) is 18.2 Å². The van der Waals surface area contributed by atoms with Gasteiger partial charge in [-0.2, -0.15) is 0 Å². The van der Waals surface area contributed by atoms with Crippen LogP contribution in [0.4, 0.5) is 0 Å². The molecular weight excluding hydrogens is 202 g/mol. The molecule has 2 rings (SSSR count). The van der Waals surface area contributed by atoms with Crippen LogP contribution in [0, 0.1) is 0 Å². The zero-order valence-electron chi connectivity index (χ0n) is 9.95. The maximum atomic E-state index is 6.22. The van der Waals surface area contributed by atoms with Gasteiger partial charge in [-0.1, -0.05) is 6.07 Å². The average molecular weight is 221 g/mol. The predicted molar refractivity (Wildman–Crippen MR) is 64.0 cm³/mol. The maximum Gasteiger partial charge on any atom is 0.160 e. The first-order chi connectivity index (χ1) is 7.67. The van der Waals surface area contributed by atoms with Gasteiger partial charge in [0.15, 0.2) is 11.5 Å². The van der Waals surface area contributed by atoms with Crippen molar-refractivity contribution in [3.05, 3.63) is 23.8 Å². The SMILES string of the molecule is COc1ccc(CC2(N)CCC2)cc1OC. The summed E-state index contributed by atoms with van der Waals surface area (Å²) < 4.78 is 10.5. The van der Waals surface area contributed by atoms with Gasteiger partial charge in [0.05, 0.1) is 14.2 Å². The van der Waals surface area contributed by atoms with E-state index in [1.165, 1.54) is 12.0 Å². The van der Waals surface area contributed by atoms with Gasteiger partial charge in [0.2, 0.25) is 0 Å². The zero-order chi connectivity index (χ0) is 11.6. The fourth-order valence-electron chi connectivity index (χ4n) is 2.20. The summed E-state index contributed by atoms with van der Waals surface area (Å²) >= 11 is 0. The van der Waals surface area contributed by atoms with E-state index in [4.69, 9.17) is 15.2 Å². The quantitative estimate of drug-likeness (QED) is 0.847. The van der Waals surface area contributed by atoms with Crippen LogP contribution in [-0.2, 0) is 6.42 Å². The number of hydrogen-bond donors (Lipinski definition) is 1. The van der Waals surface area contributed by atoms with E-state index in [2.05, 4.69) is 6.07 Å². The van der Waals surface area contributed by atoms with E-state index in [9.17, 15) is 0 Å². The molecule has 0 spiro atoms. The molecule has 0 heterocycles. The van der Waals surface area contributed by atoms with Crippen molar-refractivity contribution in [2.75, 3.05) is 14.2 Å². The molecule has 2 N–H and O–H groups in total. The van der Waals surface area contributed by atoms with Crippen molar-refractivity contribution < 1.29 is 9.47 Å². The van der Waals surface area contributed by atoms with Gasteiger partial charge in [-0.05, 0) is 43.4 Å². The third-order valence-corrected chi connectivity index (χ3v) is 3.35. The molecule has 3 nitrogen and oxygen atoms in total. The summed E-state index contributed by atoms with van der Waals surface area (Å²) in [7, 11) is 3.30. The number of nitrogens with two attached hydrogens (primary N) is 1. The van der Waals surface area contributed by atoms with Crippen LogP contribution in [0.3, 0.4) is 0 Å². The minimum absolute atomic E-state index is 0.0135. The standard InChI is InChI=1S/C13H19NO2/c1-15-11-5-4-10(8-12(11)16-2)9-13(14)6-3-7-13/h4-5,8H,3,6-7,9,14H2,1-2H3. The molecule has 16 heavy (non-hydrogen) atoms. The Morgan fingerprint density at radius 3 is 2.38 bits per heavy atom. The van der Waals surface area contributed by atoms with Crippen molar-refractivity contribution in [1.82, 2.24) is 0 Å². The molecule has 0 bridgehead atoms. The molecule has 0 amide bonds. The van der Waals surface area contributed by atoms with Crippen LogP contribution >= 0.6 is 0 Å². The fourth-order valence-corrected chi connectivity index (χ4v) is 2.20. The Kier molecular flexibility index (Phi) is 3.06. The molecule has 3 heteroatoms. The van der Waals surface area contributed by atoms with E-state index < -0.39 is 0 Å². The van der Waals surface area contributed by atoms with Crippen molar-refractivity contribution in [3.63, 3.8) is 0 Å². The fraction of sp³-hybridized carbons (Fsp3) is 0.538. The molecule has 1 aliphatic rings. The lowest BCUT2D eigenvalue weighted by Gasteiger charge is -2.38. The van der Waals surface area contributed by atoms with Crippen LogP contribution in [0.1, 0.15) is 24.8 Å². The molecule has 0 saturated heterocycles. The number of benzene rings is 1. The van der Waals surface area contributed by atoms with Crippen molar-refractivity contribution in [2.24, 2.45) is 5.73 Å². The Morgan fingerprint density at radius 1 is 1.19 bits per heavy atom. The summed E-state index contributed by atoms with van der Waals surface area (Å²) in [6.45, 7) is 0. The van der Waals surface area contributed by atoms with Gasteiger partial charge in [0.25, 0.3) is 0 Å². The third kappa shape index (κ3) is 2.14. The van der Waals surface area contributed by atoms with Crippen LogP contribution in [-0.4, -0.2) is 19.8 Å². The summed E-state index contributed by atoms with van der Waals surface area (Å²) in [5.41, 5.74) is 7.46. The average Bonchev–Trinajstić information content (AvgIpc) is 2.26. The van der Waals surface area contributed by atoms with Crippen molar-refractivity contribution >= 4 is 0 Å². The molecule has 0 aliphatic heterocycles. The molecular formula is C13H19NO2. The lowest BCUT2D eigenvalue weighted by molar-refractivity contribution is 0.247. The van der Waals surface area contributed by atoms with Gasteiger partial charge >= 0.3 is 0 Å². The molecule has 0 unspecified atom stereocenters. The van der Waals surface area contributed by atoms with E-state index >= 15 is 0 Å². The zero-order valence-corrected chi connectivity index (χ0v) is 9.95. The molecule has 1 fully saturated rings. The topological polar surface area (TPSA) is 44.5 Å². The lowest BCUT2D eigenvalue weighted by Crippen LogP contribution is -2.48. The van der Waals surface area contributed by atoms with E-state index in [1.54, 1.807) is 14.2 Å². The molecule has 0 atom stereocenters. The highest BCUT2D eigenvalue weighted by Crippen LogP contribution is 2.34. The summed E-state index contributed by atoms with van der Waals surface area (Å²) in [5, 5.41) is 0. The number of methoxy groups -OCH3 is 2. The first-order valence-electron chi connectivity index (χ1n) is 5.67. The molecule has 0 aromatic heterocycles. The van der Waals surface area contributed by atoms with Crippen LogP contribution < -0.4 is 15.2 Å². The molecule has 0 radical (unpaired) electrons. The van der Waals surface area contributed by atoms with Crippen LogP contribution in [0.5, 0.6) is 11.5 Å². The monoisotopic (exact) mass is 221 g/mol. The molecule has 1 saturated carbocycles. The van der Waals surface area contributed by atoms with E-state index in [0.717, 1.165) is 30.8 Å². The van der Waals surface area contributed by atoms with Crippen molar-refractivity contribution in [1.29, 1.82) is 0 Å². The van der Waals surface area contributed by atoms with Gasteiger partial charge in [-0.25, -0.2) is 0 Å². The minimum Gasteiger partial charge on any atom is -0.493 e. The first-order valence-corrected chi connectivity index (χ1v) is 5.67. The Bertz CT molecular complexity index is 372. The Morgan fingerprint density at radius 2 is 1.88 bits per heavy atom. The van der Waals surface area contributed by atoms with Gasteiger partial charge in [-0.15, -0.1) is 0 Å². The summed E-state index contributed by atoms with van der Waals surface area (Å²) in [4.78, 5) is 0. The van der Waals surface area contributed by atoms with Gasteiger partial charge in [0.1, 0.15) is 0 Å². The Hall–Kier alpha value is -1.22. The maximum absolute atomic E-state index is 6.22. The van der Waals surface area contributed by atoms with E-state index in [-0.39, 0.29) is 5.54 Å². The van der Waals surface area contributed by atoms with E-state index in [0.29, 0.717) is 0 Å². The summed E-state index contributed by atoms with van der Waals surface area (Å²) in [6.07, 6.45) is 4.43. The van der Waals surface area contributed by atoms with Gasteiger partial charge in [0, 0.05) is 5.54 Å². The minimum atomic E-state index is 0.0135. The third-order valence-electron chi connectivity index (χ3n) is 3.35. The lowest BCUT2D eigenvalue weighted by atomic mass is 9.74. The smallest absolute Gasteiger partial charge is 0.160 e. The first kappa shape index (κ1) is 11.3. The molecule has 1 aliphatic carbocycles.